The van der Waals surface area contributed by atoms with Crippen molar-refractivity contribution in [1.29, 1.82) is 0 Å². The van der Waals surface area contributed by atoms with Crippen LogP contribution in [0, 0.1) is 0 Å². The summed E-state index contributed by atoms with van der Waals surface area (Å²) in [7, 11) is 1.51. The Bertz CT molecular complexity index is 698. The highest BCUT2D eigenvalue weighted by atomic mass is 16.5. The van der Waals surface area contributed by atoms with E-state index in [-0.39, 0.29) is 23.7 Å². The highest BCUT2D eigenvalue weighted by molar-refractivity contribution is 5.42. The first-order valence-corrected chi connectivity index (χ1v) is 8.53. The van der Waals surface area contributed by atoms with Crippen molar-refractivity contribution in [3.63, 3.8) is 0 Å². The number of methoxy groups -OCH3 is 1. The largest absolute Gasteiger partial charge is 0.508 e. The van der Waals surface area contributed by atoms with Crippen LogP contribution < -0.4 is 4.74 Å². The van der Waals surface area contributed by atoms with E-state index < -0.39 is 6.10 Å². The van der Waals surface area contributed by atoms with Gasteiger partial charge >= 0.3 is 0 Å². The molecular weight excluding hydrogens is 320 g/mol. The predicted molar refractivity (Wildman–Crippen MR) is 93.9 cm³/mol. The number of phenolic OH excluding ortho intramolecular Hbond substituents is 2. The van der Waals surface area contributed by atoms with Crippen molar-refractivity contribution >= 4 is 0 Å². The summed E-state index contributed by atoms with van der Waals surface area (Å²) < 4.78 is 11.3. The Morgan fingerprint density at radius 1 is 1.08 bits per heavy atom. The number of ether oxygens (including phenoxy) is 2. The van der Waals surface area contributed by atoms with E-state index in [1.807, 2.05) is 12.1 Å². The lowest BCUT2D eigenvalue weighted by Gasteiger charge is -2.33. The Hall–Kier alpha value is -2.24. The molecule has 0 bridgehead atoms. The molecule has 0 aromatic heterocycles. The maximum absolute atomic E-state index is 10.2. The molecule has 3 atom stereocenters. The zero-order valence-electron chi connectivity index (χ0n) is 14.3. The van der Waals surface area contributed by atoms with Gasteiger partial charge in [0, 0.05) is 6.42 Å². The highest BCUT2D eigenvalue weighted by Crippen LogP contribution is 2.36. The number of aryl methyl sites for hydroxylation is 1. The minimum atomic E-state index is -0.414. The lowest BCUT2D eigenvalue weighted by Crippen LogP contribution is -2.31. The second-order valence-corrected chi connectivity index (χ2v) is 6.51. The first-order valence-electron chi connectivity index (χ1n) is 8.53. The molecule has 25 heavy (non-hydrogen) atoms. The van der Waals surface area contributed by atoms with Gasteiger partial charge in [-0.15, -0.1) is 0 Å². The number of benzene rings is 2. The van der Waals surface area contributed by atoms with Crippen LogP contribution in [0.3, 0.4) is 0 Å². The SMILES string of the molecule is COc1cc([C@H]2C[C@H](O)C[C@@H](CCc3ccc(O)cc3)O2)ccc1O. The van der Waals surface area contributed by atoms with Crippen molar-refractivity contribution < 1.29 is 24.8 Å². The number of aliphatic hydroxyl groups is 1. The Morgan fingerprint density at radius 3 is 2.56 bits per heavy atom. The Kier molecular flexibility index (Phi) is 5.46. The molecule has 0 radical (unpaired) electrons. The molecule has 1 aliphatic rings. The van der Waals surface area contributed by atoms with Gasteiger partial charge in [-0.1, -0.05) is 18.2 Å². The number of hydrogen-bond acceptors (Lipinski definition) is 5. The van der Waals surface area contributed by atoms with Crippen LogP contribution in [0.1, 0.15) is 36.5 Å². The van der Waals surface area contributed by atoms with Crippen molar-refractivity contribution in [2.75, 3.05) is 7.11 Å². The molecule has 1 fully saturated rings. The Balaban J connectivity index is 1.65. The smallest absolute Gasteiger partial charge is 0.160 e. The fraction of sp³-hybridized carbons (Fsp3) is 0.400. The molecule has 2 aromatic rings. The lowest BCUT2D eigenvalue weighted by molar-refractivity contribution is -0.0998. The van der Waals surface area contributed by atoms with Crippen LogP contribution in [0.4, 0.5) is 0 Å². The molecule has 3 N–H and O–H groups in total. The van der Waals surface area contributed by atoms with Gasteiger partial charge in [-0.3, -0.25) is 0 Å². The quantitative estimate of drug-likeness (QED) is 0.775. The van der Waals surface area contributed by atoms with E-state index in [4.69, 9.17) is 9.47 Å². The zero-order valence-corrected chi connectivity index (χ0v) is 14.3. The molecule has 2 aromatic carbocycles. The van der Waals surface area contributed by atoms with E-state index in [1.165, 1.54) is 7.11 Å². The average molecular weight is 344 g/mol. The van der Waals surface area contributed by atoms with E-state index in [1.54, 1.807) is 30.3 Å². The maximum atomic E-state index is 10.2. The second-order valence-electron chi connectivity index (χ2n) is 6.51. The van der Waals surface area contributed by atoms with E-state index >= 15 is 0 Å². The first-order chi connectivity index (χ1) is 12.0. The summed E-state index contributed by atoms with van der Waals surface area (Å²) >= 11 is 0. The number of aliphatic hydroxyl groups excluding tert-OH is 1. The second kappa shape index (κ2) is 7.76. The Morgan fingerprint density at radius 2 is 1.84 bits per heavy atom. The first kappa shape index (κ1) is 17.6. The van der Waals surface area contributed by atoms with E-state index in [2.05, 4.69) is 0 Å². The molecule has 0 unspecified atom stereocenters. The Labute approximate surface area is 147 Å². The molecular formula is C20H24O5. The van der Waals surface area contributed by atoms with Crippen LogP contribution in [0.5, 0.6) is 17.2 Å². The molecule has 1 heterocycles. The van der Waals surface area contributed by atoms with Crippen LogP contribution in [-0.4, -0.2) is 34.6 Å². The summed E-state index contributed by atoms with van der Waals surface area (Å²) in [5.41, 5.74) is 2.02. The molecule has 134 valence electrons. The van der Waals surface area contributed by atoms with Crippen LogP contribution in [0.15, 0.2) is 42.5 Å². The van der Waals surface area contributed by atoms with Gasteiger partial charge in [0.25, 0.3) is 0 Å². The van der Waals surface area contributed by atoms with Gasteiger partial charge in [0.2, 0.25) is 0 Å². The van der Waals surface area contributed by atoms with E-state index in [9.17, 15) is 15.3 Å². The zero-order chi connectivity index (χ0) is 17.8. The monoisotopic (exact) mass is 344 g/mol. The minimum absolute atomic E-state index is 0.0395. The maximum Gasteiger partial charge on any atom is 0.160 e. The summed E-state index contributed by atoms with van der Waals surface area (Å²) in [6, 6.07) is 12.3. The fourth-order valence-corrected chi connectivity index (χ4v) is 3.28. The standard InChI is InChI=1S/C20H24O5/c1-24-20-10-14(5-9-18(20)23)19-12-16(22)11-17(25-19)8-4-13-2-6-15(21)7-3-13/h2-3,5-7,9-10,16-17,19,21-23H,4,8,11-12H2,1H3/t16-,17-,19-/m1/s1. The van der Waals surface area contributed by atoms with Crippen LogP contribution in [0.2, 0.25) is 0 Å². The summed E-state index contributed by atoms with van der Waals surface area (Å²) in [5.74, 6) is 0.753. The van der Waals surface area contributed by atoms with Crippen molar-refractivity contribution in [2.24, 2.45) is 0 Å². The van der Waals surface area contributed by atoms with Gasteiger partial charge in [0.05, 0.1) is 25.4 Å². The van der Waals surface area contributed by atoms with Crippen LogP contribution >= 0.6 is 0 Å². The number of hydrogen-bond donors (Lipinski definition) is 3. The summed E-state index contributed by atoms with van der Waals surface area (Å²) in [6.07, 6.45) is 2.10. The number of aromatic hydroxyl groups is 2. The van der Waals surface area contributed by atoms with Crippen LogP contribution in [0.25, 0.3) is 0 Å². The van der Waals surface area contributed by atoms with E-state index in [0.717, 1.165) is 24.0 Å². The molecule has 0 saturated carbocycles. The van der Waals surface area contributed by atoms with Crippen molar-refractivity contribution in [3.05, 3.63) is 53.6 Å². The molecule has 1 saturated heterocycles. The average Bonchev–Trinajstić information content (AvgIpc) is 2.61. The molecule has 0 amide bonds. The van der Waals surface area contributed by atoms with Gasteiger partial charge in [-0.05, 0) is 54.7 Å². The molecule has 0 aliphatic carbocycles. The van der Waals surface area contributed by atoms with Crippen LogP contribution in [-0.2, 0) is 11.2 Å². The van der Waals surface area contributed by atoms with Gasteiger partial charge in [-0.2, -0.15) is 0 Å². The topological polar surface area (TPSA) is 79.2 Å². The predicted octanol–water partition coefficient (Wildman–Crippen LogP) is 3.32. The highest BCUT2D eigenvalue weighted by Gasteiger charge is 2.29. The van der Waals surface area contributed by atoms with Crippen molar-refractivity contribution in [2.45, 2.75) is 44.0 Å². The van der Waals surface area contributed by atoms with Crippen molar-refractivity contribution in [3.8, 4) is 17.2 Å². The number of phenols is 2. The third-order valence-electron chi connectivity index (χ3n) is 4.64. The van der Waals surface area contributed by atoms with Gasteiger partial charge in [0.1, 0.15) is 5.75 Å². The van der Waals surface area contributed by atoms with Gasteiger partial charge in [0.15, 0.2) is 11.5 Å². The molecule has 5 heteroatoms. The third-order valence-corrected chi connectivity index (χ3v) is 4.64. The summed E-state index contributed by atoms with van der Waals surface area (Å²) in [4.78, 5) is 0. The van der Waals surface area contributed by atoms with Crippen molar-refractivity contribution in [1.82, 2.24) is 0 Å². The minimum Gasteiger partial charge on any atom is -0.508 e. The van der Waals surface area contributed by atoms with E-state index in [0.29, 0.717) is 18.6 Å². The summed E-state index contributed by atoms with van der Waals surface area (Å²) in [5, 5.41) is 29.3. The van der Waals surface area contributed by atoms with Gasteiger partial charge < -0.3 is 24.8 Å². The summed E-state index contributed by atoms with van der Waals surface area (Å²) in [6.45, 7) is 0. The fourth-order valence-electron chi connectivity index (χ4n) is 3.28. The third kappa shape index (κ3) is 4.44. The van der Waals surface area contributed by atoms with Gasteiger partial charge in [-0.25, -0.2) is 0 Å². The molecule has 3 rings (SSSR count). The number of rotatable bonds is 5. The molecule has 0 spiro atoms. The normalized spacial score (nSPS) is 23.4. The molecule has 5 nitrogen and oxygen atoms in total. The molecule has 1 aliphatic heterocycles. The lowest BCUT2D eigenvalue weighted by atomic mass is 9.93.